The Kier molecular flexibility index (Phi) is 5.34. The molecule has 1 amide bonds. The molecule has 1 fully saturated rings. The van der Waals surface area contributed by atoms with Gasteiger partial charge in [0.15, 0.2) is 11.6 Å². The van der Waals surface area contributed by atoms with Gasteiger partial charge < -0.3 is 15.0 Å². The summed E-state index contributed by atoms with van der Waals surface area (Å²) in [6.45, 7) is 8.12. The normalized spacial score (nSPS) is 17.7. The summed E-state index contributed by atoms with van der Waals surface area (Å²) in [5.41, 5.74) is 2.92. The van der Waals surface area contributed by atoms with Crippen LogP contribution in [0.4, 0.5) is 11.6 Å². The molecule has 1 N–H and O–H groups in total. The van der Waals surface area contributed by atoms with Crippen molar-refractivity contribution >= 4 is 17.5 Å². The van der Waals surface area contributed by atoms with Crippen LogP contribution in [-0.4, -0.2) is 45.6 Å². The molecule has 8 nitrogen and oxygen atoms in total. The van der Waals surface area contributed by atoms with Crippen molar-refractivity contribution in [3.05, 3.63) is 65.9 Å². The van der Waals surface area contributed by atoms with Crippen molar-refractivity contribution < 1.29 is 9.53 Å². The third-order valence-electron chi connectivity index (χ3n) is 6.04. The molecule has 0 saturated carbocycles. The molecule has 5 rings (SSSR count). The Labute approximate surface area is 186 Å². The number of carbonyl (C=O) groups excluding carboxylic acids is 1. The minimum Gasteiger partial charge on any atom is -0.490 e. The summed E-state index contributed by atoms with van der Waals surface area (Å²) in [6.07, 6.45) is 4.45. The SMILES string of the molecule is C=CCOc1ccc([C@H]2CC(=O)Nc3c2c(C)nn3-c2ccc(N3CCCC3)nn2)cc1. The van der Waals surface area contributed by atoms with E-state index in [4.69, 9.17) is 9.84 Å². The molecule has 0 spiro atoms. The van der Waals surface area contributed by atoms with Crippen LogP contribution in [0.2, 0.25) is 0 Å². The van der Waals surface area contributed by atoms with Crippen molar-refractivity contribution in [2.75, 3.05) is 29.9 Å². The first-order chi connectivity index (χ1) is 15.6. The molecule has 1 saturated heterocycles. The number of benzene rings is 1. The molecular weight excluding hydrogens is 404 g/mol. The standard InChI is InChI=1S/C24H26N6O2/c1-3-14-32-18-8-6-17(7-9-18)19-15-22(31)25-24-23(19)16(2)28-30(24)21-11-10-20(26-27-21)29-12-4-5-13-29/h3,6-11,19H,1,4-5,12-15H2,2H3,(H,25,31)/t19-/m1/s1. The van der Waals surface area contributed by atoms with Crippen molar-refractivity contribution in [2.45, 2.75) is 32.1 Å². The van der Waals surface area contributed by atoms with Crippen molar-refractivity contribution in [3.63, 3.8) is 0 Å². The quantitative estimate of drug-likeness (QED) is 0.602. The minimum atomic E-state index is -0.0854. The Morgan fingerprint density at radius 1 is 1.12 bits per heavy atom. The van der Waals surface area contributed by atoms with Crippen LogP contribution in [0.25, 0.3) is 5.82 Å². The van der Waals surface area contributed by atoms with Crippen LogP contribution in [0.5, 0.6) is 5.75 Å². The van der Waals surface area contributed by atoms with E-state index in [9.17, 15) is 4.79 Å². The molecule has 164 valence electrons. The smallest absolute Gasteiger partial charge is 0.226 e. The van der Waals surface area contributed by atoms with Crippen LogP contribution in [0, 0.1) is 6.92 Å². The van der Waals surface area contributed by atoms with Gasteiger partial charge in [0.05, 0.1) is 5.69 Å². The van der Waals surface area contributed by atoms with Crippen LogP contribution in [0.1, 0.15) is 42.0 Å². The van der Waals surface area contributed by atoms with Crippen molar-refractivity contribution in [1.82, 2.24) is 20.0 Å². The lowest BCUT2D eigenvalue weighted by atomic mass is 9.86. The molecule has 32 heavy (non-hydrogen) atoms. The zero-order chi connectivity index (χ0) is 22.1. The summed E-state index contributed by atoms with van der Waals surface area (Å²) in [4.78, 5) is 14.8. The summed E-state index contributed by atoms with van der Waals surface area (Å²) in [7, 11) is 0. The Morgan fingerprint density at radius 2 is 1.84 bits per heavy atom. The van der Waals surface area contributed by atoms with Crippen molar-refractivity contribution in [2.24, 2.45) is 0 Å². The van der Waals surface area contributed by atoms with E-state index in [0.29, 0.717) is 24.7 Å². The molecular formula is C24H26N6O2. The molecule has 2 aliphatic rings. The molecule has 0 bridgehead atoms. The molecule has 8 heteroatoms. The van der Waals surface area contributed by atoms with Gasteiger partial charge in [-0.2, -0.15) is 9.78 Å². The van der Waals surface area contributed by atoms with Gasteiger partial charge in [-0.15, -0.1) is 10.2 Å². The summed E-state index contributed by atoms with van der Waals surface area (Å²) in [5, 5.41) is 16.5. The van der Waals surface area contributed by atoms with Gasteiger partial charge in [0.25, 0.3) is 0 Å². The maximum Gasteiger partial charge on any atom is 0.226 e. The van der Waals surface area contributed by atoms with E-state index < -0.39 is 0 Å². The predicted molar refractivity (Wildman–Crippen MR) is 123 cm³/mol. The van der Waals surface area contributed by atoms with Gasteiger partial charge in [0, 0.05) is 31.0 Å². The first kappa shape index (κ1) is 20.2. The molecule has 2 aliphatic heterocycles. The Balaban J connectivity index is 1.47. The lowest BCUT2D eigenvalue weighted by Crippen LogP contribution is -2.25. The largest absolute Gasteiger partial charge is 0.490 e. The molecule has 2 aromatic heterocycles. The number of fused-ring (bicyclic) bond motifs is 1. The second-order valence-corrected chi connectivity index (χ2v) is 8.18. The molecule has 0 radical (unpaired) electrons. The third kappa shape index (κ3) is 3.72. The fraction of sp³-hybridized carbons (Fsp3) is 0.333. The summed E-state index contributed by atoms with van der Waals surface area (Å²) in [6, 6.07) is 11.7. The van der Waals surface area contributed by atoms with Crippen LogP contribution in [0.3, 0.4) is 0 Å². The number of aromatic nitrogens is 4. The topological polar surface area (TPSA) is 85.2 Å². The van der Waals surface area contributed by atoms with Gasteiger partial charge in [-0.25, -0.2) is 0 Å². The number of hydrogen-bond donors (Lipinski definition) is 1. The molecule has 1 aromatic carbocycles. The first-order valence-electron chi connectivity index (χ1n) is 11.0. The fourth-order valence-corrected chi connectivity index (χ4v) is 4.50. The number of ether oxygens (including phenoxy) is 1. The molecule has 3 aromatic rings. The monoisotopic (exact) mass is 430 g/mol. The van der Waals surface area contributed by atoms with E-state index in [2.05, 4.69) is 27.0 Å². The molecule has 1 atom stereocenters. The van der Waals surface area contributed by atoms with Crippen LogP contribution in [0.15, 0.2) is 49.1 Å². The van der Waals surface area contributed by atoms with Gasteiger partial charge in [-0.1, -0.05) is 24.8 Å². The number of nitrogens with zero attached hydrogens (tertiary/aromatic N) is 5. The van der Waals surface area contributed by atoms with Gasteiger partial charge in [0.2, 0.25) is 5.91 Å². The highest BCUT2D eigenvalue weighted by atomic mass is 16.5. The predicted octanol–water partition coefficient (Wildman–Crippen LogP) is 3.61. The number of nitrogens with one attached hydrogen (secondary N) is 1. The van der Waals surface area contributed by atoms with Crippen LogP contribution >= 0.6 is 0 Å². The van der Waals surface area contributed by atoms with Gasteiger partial charge in [-0.05, 0) is 49.6 Å². The maximum atomic E-state index is 12.6. The highest BCUT2D eigenvalue weighted by Gasteiger charge is 2.33. The number of rotatable bonds is 6. The Bertz CT molecular complexity index is 1130. The fourth-order valence-electron chi connectivity index (χ4n) is 4.50. The van der Waals surface area contributed by atoms with E-state index >= 15 is 0 Å². The number of carbonyl (C=O) groups is 1. The van der Waals surface area contributed by atoms with Gasteiger partial charge in [0.1, 0.15) is 18.2 Å². The summed E-state index contributed by atoms with van der Waals surface area (Å²) < 4.78 is 7.28. The summed E-state index contributed by atoms with van der Waals surface area (Å²) in [5.74, 6) is 2.78. The Morgan fingerprint density at radius 3 is 2.53 bits per heavy atom. The first-order valence-corrected chi connectivity index (χ1v) is 11.0. The zero-order valence-corrected chi connectivity index (χ0v) is 18.1. The Hall–Kier alpha value is -3.68. The lowest BCUT2D eigenvalue weighted by Gasteiger charge is -2.24. The summed E-state index contributed by atoms with van der Waals surface area (Å²) >= 11 is 0. The van der Waals surface area contributed by atoms with Crippen molar-refractivity contribution in [1.29, 1.82) is 0 Å². The maximum absolute atomic E-state index is 12.6. The van der Waals surface area contributed by atoms with Crippen LogP contribution in [-0.2, 0) is 4.79 Å². The molecule has 4 heterocycles. The zero-order valence-electron chi connectivity index (χ0n) is 18.1. The van der Waals surface area contributed by atoms with Gasteiger partial charge >= 0.3 is 0 Å². The lowest BCUT2D eigenvalue weighted by molar-refractivity contribution is -0.116. The van der Waals surface area contributed by atoms with E-state index in [-0.39, 0.29) is 11.8 Å². The van der Waals surface area contributed by atoms with Gasteiger partial charge in [-0.3, -0.25) is 4.79 Å². The molecule has 0 aliphatic carbocycles. The number of amides is 1. The highest BCUT2D eigenvalue weighted by molar-refractivity contribution is 5.95. The van der Waals surface area contributed by atoms with E-state index in [1.807, 2.05) is 43.3 Å². The second-order valence-electron chi connectivity index (χ2n) is 8.18. The third-order valence-corrected chi connectivity index (χ3v) is 6.04. The average molecular weight is 431 g/mol. The van der Waals surface area contributed by atoms with E-state index in [1.54, 1.807) is 10.8 Å². The van der Waals surface area contributed by atoms with E-state index in [0.717, 1.165) is 41.5 Å². The highest BCUT2D eigenvalue weighted by Crippen LogP contribution is 2.40. The number of hydrogen-bond acceptors (Lipinski definition) is 6. The second kappa shape index (κ2) is 8.45. The average Bonchev–Trinajstić information content (AvgIpc) is 3.46. The minimum absolute atomic E-state index is 0.0442. The molecule has 0 unspecified atom stereocenters. The number of anilines is 2. The number of aryl methyl sites for hydroxylation is 1. The van der Waals surface area contributed by atoms with Crippen molar-refractivity contribution in [3.8, 4) is 11.6 Å². The van der Waals surface area contributed by atoms with E-state index in [1.165, 1.54) is 12.8 Å². The van der Waals surface area contributed by atoms with Crippen LogP contribution < -0.4 is 15.0 Å².